The molecule has 1 saturated heterocycles. The average Bonchev–Trinajstić information content (AvgIpc) is 2.70. The highest BCUT2D eigenvalue weighted by Gasteiger charge is 2.19. The molecule has 4 nitrogen and oxygen atoms in total. The number of benzene rings is 2. The van der Waals surface area contributed by atoms with Crippen molar-refractivity contribution in [3.8, 4) is 11.3 Å². The second-order valence-electron chi connectivity index (χ2n) is 6.44. The minimum atomic E-state index is 0.930. The molecule has 4 rings (SSSR count). The van der Waals surface area contributed by atoms with Crippen LogP contribution in [0.2, 0.25) is 0 Å². The number of aryl methyl sites for hydroxylation is 1. The zero-order chi connectivity index (χ0) is 17.1. The van der Waals surface area contributed by atoms with Crippen molar-refractivity contribution in [1.29, 1.82) is 0 Å². The van der Waals surface area contributed by atoms with Gasteiger partial charge in [-0.2, -0.15) is 0 Å². The molecule has 1 aliphatic rings. The molecular formula is C21H22N4. The summed E-state index contributed by atoms with van der Waals surface area (Å²) in [6.07, 6.45) is 3.70. The molecule has 0 spiro atoms. The van der Waals surface area contributed by atoms with Gasteiger partial charge < -0.3 is 9.80 Å². The highest BCUT2D eigenvalue weighted by molar-refractivity contribution is 5.60. The van der Waals surface area contributed by atoms with Crippen LogP contribution in [0, 0.1) is 6.92 Å². The van der Waals surface area contributed by atoms with Crippen molar-refractivity contribution >= 4 is 11.5 Å². The Labute approximate surface area is 148 Å². The molecule has 1 aromatic heterocycles. The van der Waals surface area contributed by atoms with Crippen LogP contribution in [0.15, 0.2) is 67.0 Å². The van der Waals surface area contributed by atoms with Crippen molar-refractivity contribution in [2.24, 2.45) is 0 Å². The van der Waals surface area contributed by atoms with E-state index in [1.807, 2.05) is 30.6 Å². The molecular weight excluding hydrogens is 308 g/mol. The molecule has 0 saturated carbocycles. The Hall–Kier alpha value is -2.88. The normalized spacial score (nSPS) is 14.6. The molecule has 1 aliphatic heterocycles. The van der Waals surface area contributed by atoms with Gasteiger partial charge in [0.25, 0.3) is 0 Å². The molecule has 0 amide bonds. The first kappa shape index (κ1) is 15.6. The summed E-state index contributed by atoms with van der Waals surface area (Å²) in [7, 11) is 0. The first-order valence-corrected chi connectivity index (χ1v) is 8.74. The predicted octanol–water partition coefficient (Wildman–Crippen LogP) is 3.78. The average molecular weight is 330 g/mol. The lowest BCUT2D eigenvalue weighted by atomic mass is 10.1. The first-order valence-electron chi connectivity index (χ1n) is 8.74. The number of hydrogen-bond acceptors (Lipinski definition) is 4. The zero-order valence-electron chi connectivity index (χ0n) is 14.5. The van der Waals surface area contributed by atoms with Crippen molar-refractivity contribution in [2.45, 2.75) is 6.92 Å². The van der Waals surface area contributed by atoms with Crippen molar-refractivity contribution in [3.05, 3.63) is 72.6 Å². The number of rotatable bonds is 3. The summed E-state index contributed by atoms with van der Waals surface area (Å²) in [6.45, 7) is 6.04. The first-order chi connectivity index (χ1) is 12.3. The van der Waals surface area contributed by atoms with E-state index in [1.165, 1.54) is 11.3 Å². The van der Waals surface area contributed by atoms with E-state index in [0.29, 0.717) is 0 Å². The van der Waals surface area contributed by atoms with Crippen LogP contribution in [0.3, 0.4) is 0 Å². The maximum atomic E-state index is 4.82. The van der Waals surface area contributed by atoms with E-state index >= 15 is 0 Å². The lowest BCUT2D eigenvalue weighted by Gasteiger charge is -2.36. The Bertz CT molecular complexity index is 822. The number of hydrogen-bond donors (Lipinski definition) is 0. The van der Waals surface area contributed by atoms with E-state index in [2.05, 4.69) is 58.1 Å². The van der Waals surface area contributed by atoms with Crippen molar-refractivity contribution in [2.75, 3.05) is 36.0 Å². The van der Waals surface area contributed by atoms with Crippen LogP contribution < -0.4 is 9.80 Å². The largest absolute Gasteiger partial charge is 0.368 e. The molecule has 126 valence electrons. The summed E-state index contributed by atoms with van der Waals surface area (Å²) in [5.74, 6) is 0.963. The van der Waals surface area contributed by atoms with Gasteiger partial charge in [-0.15, -0.1) is 0 Å². The Kier molecular flexibility index (Phi) is 4.34. The summed E-state index contributed by atoms with van der Waals surface area (Å²) in [5, 5.41) is 0. The maximum Gasteiger partial charge on any atom is 0.147 e. The Morgan fingerprint density at radius 3 is 2.16 bits per heavy atom. The molecule has 3 aromatic rings. The maximum absolute atomic E-state index is 4.82. The standard InChI is InChI=1S/C21H22N4/c1-17-7-9-19(10-8-17)24-11-13-25(14-12-24)21-16-22-15-20(23-21)18-5-3-2-4-6-18/h2-10,15-16H,11-14H2,1H3. The molecule has 0 radical (unpaired) electrons. The van der Waals surface area contributed by atoms with Crippen molar-refractivity contribution < 1.29 is 0 Å². The highest BCUT2D eigenvalue weighted by atomic mass is 15.3. The van der Waals surface area contributed by atoms with E-state index < -0.39 is 0 Å². The minimum absolute atomic E-state index is 0.930. The van der Waals surface area contributed by atoms with Crippen molar-refractivity contribution in [1.82, 2.24) is 9.97 Å². The Balaban J connectivity index is 1.47. The Morgan fingerprint density at radius 2 is 1.44 bits per heavy atom. The van der Waals surface area contributed by atoms with E-state index in [0.717, 1.165) is 43.3 Å². The third-order valence-electron chi connectivity index (χ3n) is 4.69. The van der Waals surface area contributed by atoms with Crippen LogP contribution in [0.25, 0.3) is 11.3 Å². The van der Waals surface area contributed by atoms with Gasteiger partial charge in [0.2, 0.25) is 0 Å². The van der Waals surface area contributed by atoms with Gasteiger partial charge in [0.15, 0.2) is 0 Å². The van der Waals surface area contributed by atoms with Gasteiger partial charge in [0.05, 0.1) is 18.1 Å². The molecule has 0 unspecified atom stereocenters. The monoisotopic (exact) mass is 330 g/mol. The lowest BCUT2D eigenvalue weighted by molar-refractivity contribution is 0.646. The molecule has 4 heteroatoms. The molecule has 0 aliphatic carbocycles. The second kappa shape index (κ2) is 6.93. The van der Waals surface area contributed by atoms with Gasteiger partial charge in [0.1, 0.15) is 5.82 Å². The summed E-state index contributed by atoms with van der Waals surface area (Å²) in [4.78, 5) is 14.0. The fraction of sp³-hybridized carbons (Fsp3) is 0.238. The smallest absolute Gasteiger partial charge is 0.147 e. The van der Waals surface area contributed by atoms with Gasteiger partial charge in [-0.25, -0.2) is 4.98 Å². The molecule has 0 atom stereocenters. The Morgan fingerprint density at radius 1 is 0.760 bits per heavy atom. The van der Waals surface area contributed by atoms with Crippen LogP contribution in [0.5, 0.6) is 0 Å². The number of piperazine rings is 1. The van der Waals surface area contributed by atoms with Gasteiger partial charge >= 0.3 is 0 Å². The fourth-order valence-corrected chi connectivity index (χ4v) is 3.21. The van der Waals surface area contributed by atoms with E-state index in [4.69, 9.17) is 4.98 Å². The lowest BCUT2D eigenvalue weighted by Crippen LogP contribution is -2.46. The molecule has 0 bridgehead atoms. The third-order valence-corrected chi connectivity index (χ3v) is 4.69. The summed E-state index contributed by atoms with van der Waals surface area (Å²) in [6, 6.07) is 19.0. The van der Waals surface area contributed by atoms with Crippen molar-refractivity contribution in [3.63, 3.8) is 0 Å². The predicted molar refractivity (Wildman–Crippen MR) is 103 cm³/mol. The van der Waals surface area contributed by atoms with Gasteiger partial charge in [0, 0.05) is 37.4 Å². The molecule has 2 aromatic carbocycles. The fourth-order valence-electron chi connectivity index (χ4n) is 3.21. The van der Waals surface area contributed by atoms with Gasteiger partial charge in [-0.1, -0.05) is 48.0 Å². The second-order valence-corrected chi connectivity index (χ2v) is 6.44. The van der Waals surface area contributed by atoms with Crippen LogP contribution in [0.1, 0.15) is 5.56 Å². The molecule has 2 heterocycles. The SMILES string of the molecule is Cc1ccc(N2CCN(c3cncc(-c4ccccc4)n3)CC2)cc1. The minimum Gasteiger partial charge on any atom is -0.368 e. The summed E-state index contributed by atoms with van der Waals surface area (Å²) in [5.41, 5.74) is 4.64. The highest BCUT2D eigenvalue weighted by Crippen LogP contribution is 2.22. The van der Waals surface area contributed by atoms with Crippen LogP contribution in [0.4, 0.5) is 11.5 Å². The van der Waals surface area contributed by atoms with E-state index in [9.17, 15) is 0 Å². The quantitative estimate of drug-likeness (QED) is 0.731. The van der Waals surface area contributed by atoms with Gasteiger partial charge in [-0.3, -0.25) is 4.98 Å². The molecule has 25 heavy (non-hydrogen) atoms. The molecule has 0 N–H and O–H groups in total. The zero-order valence-corrected chi connectivity index (χ0v) is 14.5. The summed E-state index contributed by atoms with van der Waals surface area (Å²) < 4.78 is 0. The third kappa shape index (κ3) is 3.48. The van der Waals surface area contributed by atoms with E-state index in [1.54, 1.807) is 0 Å². The topological polar surface area (TPSA) is 32.3 Å². The number of aromatic nitrogens is 2. The molecule has 1 fully saturated rings. The number of anilines is 2. The van der Waals surface area contributed by atoms with Crippen LogP contribution in [-0.2, 0) is 0 Å². The van der Waals surface area contributed by atoms with Gasteiger partial charge in [-0.05, 0) is 19.1 Å². The van der Waals surface area contributed by atoms with Crippen LogP contribution >= 0.6 is 0 Å². The van der Waals surface area contributed by atoms with Crippen LogP contribution in [-0.4, -0.2) is 36.1 Å². The van der Waals surface area contributed by atoms with E-state index in [-0.39, 0.29) is 0 Å². The summed E-state index contributed by atoms with van der Waals surface area (Å²) >= 11 is 0. The number of nitrogens with zero attached hydrogens (tertiary/aromatic N) is 4.